The van der Waals surface area contributed by atoms with Crippen molar-refractivity contribution in [3.63, 3.8) is 0 Å². The quantitative estimate of drug-likeness (QED) is 0.342. The summed E-state index contributed by atoms with van der Waals surface area (Å²) in [5.41, 5.74) is 7.70. The Morgan fingerprint density at radius 3 is 2.76 bits per heavy atom. The van der Waals surface area contributed by atoms with E-state index in [4.69, 9.17) is 15.7 Å². The number of benzene rings is 2. The Balaban J connectivity index is 2.15. The molecule has 2 aromatic rings. The van der Waals surface area contributed by atoms with E-state index in [0.29, 0.717) is 17.8 Å². The summed E-state index contributed by atoms with van der Waals surface area (Å²) in [4.78, 5) is 0. The molecule has 6 heteroatoms. The van der Waals surface area contributed by atoms with Crippen molar-refractivity contribution in [3.8, 4) is 5.75 Å². The third-order valence-electron chi connectivity index (χ3n) is 3.04. The largest absolute Gasteiger partial charge is 0.494 e. The molecule has 0 aliphatic carbocycles. The summed E-state index contributed by atoms with van der Waals surface area (Å²) in [6, 6.07) is 11.9. The number of rotatable bonds is 5. The second kappa shape index (κ2) is 6.60. The molecule has 110 valence electrons. The fourth-order valence-electron chi connectivity index (χ4n) is 1.95. The van der Waals surface area contributed by atoms with Crippen molar-refractivity contribution in [2.45, 2.75) is 6.54 Å². The number of nitrogens with two attached hydrogens (primary N) is 1. The first kappa shape index (κ1) is 14.6. The Morgan fingerprint density at radius 1 is 1.33 bits per heavy atom. The van der Waals surface area contributed by atoms with Crippen LogP contribution in [0.25, 0.3) is 0 Å². The van der Waals surface area contributed by atoms with E-state index in [-0.39, 0.29) is 11.6 Å². The molecular formula is C15H16FN3O2. The van der Waals surface area contributed by atoms with Gasteiger partial charge in [0.25, 0.3) is 0 Å². The van der Waals surface area contributed by atoms with Gasteiger partial charge in [-0.2, -0.15) is 0 Å². The molecule has 0 aliphatic heterocycles. The lowest BCUT2D eigenvalue weighted by molar-refractivity contribution is 0.318. The van der Waals surface area contributed by atoms with Gasteiger partial charge in [-0.15, -0.1) is 0 Å². The molecule has 0 spiro atoms. The third-order valence-corrected chi connectivity index (χ3v) is 3.04. The number of amidine groups is 1. The first-order valence-corrected chi connectivity index (χ1v) is 6.29. The topological polar surface area (TPSA) is 79.9 Å². The molecule has 5 nitrogen and oxygen atoms in total. The third kappa shape index (κ3) is 3.42. The van der Waals surface area contributed by atoms with Crippen LogP contribution in [0.15, 0.2) is 47.6 Å². The summed E-state index contributed by atoms with van der Waals surface area (Å²) in [6.07, 6.45) is 0. The maximum absolute atomic E-state index is 13.6. The van der Waals surface area contributed by atoms with Gasteiger partial charge in [0.05, 0.1) is 7.11 Å². The normalized spacial score (nSPS) is 11.2. The fourth-order valence-corrected chi connectivity index (χ4v) is 1.95. The van der Waals surface area contributed by atoms with Crippen molar-refractivity contribution in [1.82, 2.24) is 0 Å². The van der Waals surface area contributed by atoms with Crippen LogP contribution in [0.1, 0.15) is 11.1 Å². The van der Waals surface area contributed by atoms with E-state index in [0.717, 1.165) is 5.56 Å². The molecule has 0 bridgehead atoms. The molecule has 0 amide bonds. The van der Waals surface area contributed by atoms with Crippen LogP contribution in [0, 0.1) is 5.82 Å². The van der Waals surface area contributed by atoms with Gasteiger partial charge in [-0.25, -0.2) is 4.39 Å². The second-order valence-corrected chi connectivity index (χ2v) is 4.35. The minimum Gasteiger partial charge on any atom is -0.494 e. The van der Waals surface area contributed by atoms with Gasteiger partial charge in [-0.1, -0.05) is 29.4 Å². The van der Waals surface area contributed by atoms with Crippen molar-refractivity contribution in [2.24, 2.45) is 10.9 Å². The van der Waals surface area contributed by atoms with Gasteiger partial charge < -0.3 is 21.0 Å². The minimum absolute atomic E-state index is 0.0355. The molecule has 0 unspecified atom stereocenters. The smallest absolute Gasteiger partial charge is 0.170 e. The number of hydrogen-bond donors (Lipinski definition) is 3. The van der Waals surface area contributed by atoms with Crippen LogP contribution in [-0.2, 0) is 6.54 Å². The number of ether oxygens (including phenoxy) is 1. The molecule has 0 aromatic heterocycles. The monoisotopic (exact) mass is 289 g/mol. The number of oxime groups is 1. The first-order chi connectivity index (χ1) is 10.2. The van der Waals surface area contributed by atoms with Gasteiger partial charge in [-0.3, -0.25) is 0 Å². The Bertz CT molecular complexity index is 659. The van der Waals surface area contributed by atoms with Crippen LogP contribution in [0.5, 0.6) is 5.75 Å². The maximum atomic E-state index is 13.6. The summed E-state index contributed by atoms with van der Waals surface area (Å²) in [6.45, 7) is 0.415. The van der Waals surface area contributed by atoms with Gasteiger partial charge in [-0.05, 0) is 17.7 Å². The Hall–Kier alpha value is -2.76. The Morgan fingerprint density at radius 2 is 2.10 bits per heavy atom. The maximum Gasteiger partial charge on any atom is 0.170 e. The van der Waals surface area contributed by atoms with Crippen LogP contribution in [-0.4, -0.2) is 18.2 Å². The van der Waals surface area contributed by atoms with Gasteiger partial charge in [0, 0.05) is 23.9 Å². The lowest BCUT2D eigenvalue weighted by Gasteiger charge is -2.11. The standard InChI is InChI=1S/C15H16FN3O2/c1-21-14-7-6-11(8-13(14)16)18-9-10-4-2-3-5-12(10)15(17)19-20/h2-8,18,20H,9H2,1H3,(H2,17,19). The van der Waals surface area contributed by atoms with E-state index >= 15 is 0 Å². The van der Waals surface area contributed by atoms with Crippen LogP contribution in [0.2, 0.25) is 0 Å². The summed E-state index contributed by atoms with van der Waals surface area (Å²) in [7, 11) is 1.42. The van der Waals surface area contributed by atoms with E-state index in [1.165, 1.54) is 13.2 Å². The zero-order chi connectivity index (χ0) is 15.2. The molecule has 0 aliphatic rings. The SMILES string of the molecule is COc1ccc(NCc2ccccc2C(N)=NO)cc1F. The molecule has 0 atom stereocenters. The summed E-state index contributed by atoms with van der Waals surface area (Å²) in [5, 5.41) is 14.9. The van der Waals surface area contributed by atoms with Crippen LogP contribution in [0.4, 0.5) is 10.1 Å². The van der Waals surface area contributed by atoms with E-state index < -0.39 is 5.82 Å². The lowest BCUT2D eigenvalue weighted by atomic mass is 10.1. The zero-order valence-electron chi connectivity index (χ0n) is 11.5. The molecule has 4 N–H and O–H groups in total. The average molecular weight is 289 g/mol. The number of nitrogens with one attached hydrogen (secondary N) is 1. The van der Waals surface area contributed by atoms with Crippen LogP contribution in [0.3, 0.4) is 0 Å². The van der Waals surface area contributed by atoms with Crippen LogP contribution >= 0.6 is 0 Å². The molecular weight excluding hydrogens is 273 g/mol. The van der Waals surface area contributed by atoms with Crippen molar-refractivity contribution in [1.29, 1.82) is 0 Å². The molecule has 0 saturated heterocycles. The number of nitrogens with zero attached hydrogens (tertiary/aromatic N) is 1. The highest BCUT2D eigenvalue weighted by Crippen LogP contribution is 2.21. The Kier molecular flexibility index (Phi) is 4.61. The molecule has 0 heterocycles. The molecule has 0 fully saturated rings. The predicted molar refractivity (Wildman–Crippen MR) is 79.2 cm³/mol. The second-order valence-electron chi connectivity index (χ2n) is 4.35. The van der Waals surface area contributed by atoms with Gasteiger partial charge in [0.1, 0.15) is 0 Å². The fraction of sp³-hybridized carbons (Fsp3) is 0.133. The highest BCUT2D eigenvalue weighted by molar-refractivity contribution is 5.98. The number of anilines is 1. The number of halogens is 1. The van der Waals surface area contributed by atoms with E-state index in [2.05, 4.69) is 10.5 Å². The average Bonchev–Trinajstić information content (AvgIpc) is 2.52. The first-order valence-electron chi connectivity index (χ1n) is 6.29. The molecule has 0 saturated carbocycles. The van der Waals surface area contributed by atoms with Crippen LogP contribution < -0.4 is 15.8 Å². The van der Waals surface area contributed by atoms with E-state index in [1.54, 1.807) is 24.3 Å². The molecule has 2 rings (SSSR count). The minimum atomic E-state index is -0.438. The number of hydrogen-bond acceptors (Lipinski definition) is 4. The highest BCUT2D eigenvalue weighted by Gasteiger charge is 2.07. The summed E-state index contributed by atoms with van der Waals surface area (Å²) >= 11 is 0. The molecule has 2 aromatic carbocycles. The Labute approximate surface area is 121 Å². The summed E-state index contributed by atoms with van der Waals surface area (Å²) < 4.78 is 18.5. The molecule has 0 radical (unpaired) electrons. The summed E-state index contributed by atoms with van der Waals surface area (Å²) in [5.74, 6) is -0.210. The van der Waals surface area contributed by atoms with Crippen molar-refractivity contribution < 1.29 is 14.3 Å². The predicted octanol–water partition coefficient (Wildman–Crippen LogP) is 2.54. The molecule has 21 heavy (non-hydrogen) atoms. The highest BCUT2D eigenvalue weighted by atomic mass is 19.1. The van der Waals surface area contributed by atoms with Crippen molar-refractivity contribution >= 4 is 11.5 Å². The zero-order valence-corrected chi connectivity index (χ0v) is 11.5. The van der Waals surface area contributed by atoms with Gasteiger partial charge >= 0.3 is 0 Å². The van der Waals surface area contributed by atoms with E-state index in [1.807, 2.05) is 12.1 Å². The van der Waals surface area contributed by atoms with E-state index in [9.17, 15) is 4.39 Å². The van der Waals surface area contributed by atoms with Crippen molar-refractivity contribution in [2.75, 3.05) is 12.4 Å². The van der Waals surface area contributed by atoms with Gasteiger partial charge in [0.15, 0.2) is 17.4 Å². The van der Waals surface area contributed by atoms with Crippen molar-refractivity contribution in [3.05, 3.63) is 59.4 Å². The number of methoxy groups -OCH3 is 1. The van der Waals surface area contributed by atoms with Gasteiger partial charge in [0.2, 0.25) is 0 Å². The lowest BCUT2D eigenvalue weighted by Crippen LogP contribution is -2.16.